The van der Waals surface area contributed by atoms with E-state index in [0.717, 1.165) is 12.8 Å². The molecule has 1 rings (SSSR count). The topological polar surface area (TPSA) is 94.0 Å². The van der Waals surface area contributed by atoms with Gasteiger partial charge in [-0.3, -0.25) is 4.79 Å². The minimum Gasteiger partial charge on any atom is -0.415 e. The number of hydrogen-bond donors (Lipinski definition) is 2. The molecule has 7 heteroatoms. The van der Waals surface area contributed by atoms with Crippen molar-refractivity contribution < 1.29 is 9.21 Å². The first-order valence-corrected chi connectivity index (χ1v) is 6.16. The summed E-state index contributed by atoms with van der Waals surface area (Å²) >= 11 is 1.21. The Kier molecular flexibility index (Phi) is 5.87. The molecule has 1 aromatic heterocycles. The number of nitrogens with zero attached hydrogens (tertiary/aromatic N) is 2. The van der Waals surface area contributed by atoms with Crippen molar-refractivity contribution in [3.05, 3.63) is 5.89 Å². The summed E-state index contributed by atoms with van der Waals surface area (Å²) in [6.45, 7) is 3.01. The lowest BCUT2D eigenvalue weighted by molar-refractivity contribution is -0.118. The summed E-state index contributed by atoms with van der Waals surface area (Å²) < 4.78 is 5.14. The van der Waals surface area contributed by atoms with Crippen LogP contribution in [0.25, 0.3) is 0 Å². The van der Waals surface area contributed by atoms with Gasteiger partial charge in [0, 0.05) is 6.54 Å². The van der Waals surface area contributed by atoms with Gasteiger partial charge >= 0.3 is 0 Å². The first-order chi connectivity index (χ1) is 7.76. The van der Waals surface area contributed by atoms with Crippen molar-refractivity contribution in [1.29, 1.82) is 0 Å². The van der Waals surface area contributed by atoms with E-state index in [1.54, 1.807) is 0 Å². The van der Waals surface area contributed by atoms with Crippen LogP contribution in [0.3, 0.4) is 0 Å². The highest BCUT2D eigenvalue weighted by Gasteiger charge is 2.08. The Morgan fingerprint density at radius 1 is 1.56 bits per heavy atom. The van der Waals surface area contributed by atoms with Crippen LogP contribution < -0.4 is 11.1 Å². The van der Waals surface area contributed by atoms with Gasteiger partial charge in [-0.2, -0.15) is 0 Å². The van der Waals surface area contributed by atoms with Crippen LogP contribution in [0.1, 0.15) is 25.7 Å². The van der Waals surface area contributed by atoms with E-state index < -0.39 is 0 Å². The third-order valence-electron chi connectivity index (χ3n) is 1.80. The minimum atomic E-state index is -0.0223. The molecule has 0 aliphatic carbocycles. The highest BCUT2D eigenvalue weighted by atomic mass is 32.2. The maximum absolute atomic E-state index is 11.3. The van der Waals surface area contributed by atoms with Crippen LogP contribution in [0.5, 0.6) is 0 Å². The monoisotopic (exact) mass is 244 g/mol. The number of unbranched alkanes of at least 4 members (excludes halogenated alkanes) is 1. The van der Waals surface area contributed by atoms with E-state index in [1.165, 1.54) is 11.8 Å². The van der Waals surface area contributed by atoms with E-state index in [2.05, 4.69) is 22.4 Å². The second kappa shape index (κ2) is 7.24. The average molecular weight is 244 g/mol. The smallest absolute Gasteiger partial charge is 0.277 e. The molecule has 0 radical (unpaired) electrons. The molecule has 0 aromatic carbocycles. The van der Waals surface area contributed by atoms with Crippen molar-refractivity contribution in [3.63, 3.8) is 0 Å². The van der Waals surface area contributed by atoms with Gasteiger partial charge < -0.3 is 15.5 Å². The van der Waals surface area contributed by atoms with Gasteiger partial charge in [0.25, 0.3) is 5.22 Å². The molecule has 1 aromatic rings. The van der Waals surface area contributed by atoms with Crippen molar-refractivity contribution in [1.82, 2.24) is 15.5 Å². The largest absolute Gasteiger partial charge is 0.415 e. The summed E-state index contributed by atoms with van der Waals surface area (Å²) in [7, 11) is 0. The van der Waals surface area contributed by atoms with Gasteiger partial charge in [0.15, 0.2) is 0 Å². The van der Waals surface area contributed by atoms with Gasteiger partial charge in [-0.1, -0.05) is 25.1 Å². The fraction of sp³-hybridized carbons (Fsp3) is 0.667. The van der Waals surface area contributed by atoms with E-state index in [0.29, 0.717) is 17.7 Å². The fourth-order valence-electron chi connectivity index (χ4n) is 0.962. The first-order valence-electron chi connectivity index (χ1n) is 5.18. The summed E-state index contributed by atoms with van der Waals surface area (Å²) in [5, 5.41) is 10.6. The standard InChI is InChI=1S/C9H16N4O2S/c1-2-3-4-11-7(14)6-16-9-13-12-8(5-10)15-9/h2-6,10H2,1H3,(H,11,14). The van der Waals surface area contributed by atoms with E-state index in [9.17, 15) is 4.79 Å². The van der Waals surface area contributed by atoms with Crippen molar-refractivity contribution in [2.24, 2.45) is 5.73 Å². The second-order valence-corrected chi connectivity index (χ2v) is 4.08. The molecule has 16 heavy (non-hydrogen) atoms. The third kappa shape index (κ3) is 4.63. The van der Waals surface area contributed by atoms with Crippen LogP contribution >= 0.6 is 11.8 Å². The maximum Gasteiger partial charge on any atom is 0.277 e. The van der Waals surface area contributed by atoms with Gasteiger partial charge in [0.2, 0.25) is 11.8 Å². The highest BCUT2D eigenvalue weighted by Crippen LogP contribution is 2.15. The van der Waals surface area contributed by atoms with Crippen molar-refractivity contribution in [2.45, 2.75) is 31.5 Å². The second-order valence-electron chi connectivity index (χ2n) is 3.16. The zero-order chi connectivity index (χ0) is 11.8. The lowest BCUT2D eigenvalue weighted by atomic mass is 10.3. The quantitative estimate of drug-likeness (QED) is 0.537. The SMILES string of the molecule is CCCCNC(=O)CSc1nnc(CN)o1. The third-order valence-corrected chi connectivity index (χ3v) is 2.62. The zero-order valence-corrected chi connectivity index (χ0v) is 10.0. The summed E-state index contributed by atoms with van der Waals surface area (Å²) in [5.41, 5.74) is 5.32. The Balaban J connectivity index is 2.20. The molecule has 0 saturated carbocycles. The van der Waals surface area contributed by atoms with Crippen LogP contribution in [0.15, 0.2) is 9.64 Å². The van der Waals surface area contributed by atoms with Gasteiger partial charge in [-0.15, -0.1) is 10.2 Å². The molecule has 1 amide bonds. The molecule has 0 aliphatic rings. The highest BCUT2D eigenvalue weighted by molar-refractivity contribution is 7.99. The van der Waals surface area contributed by atoms with Crippen LogP contribution in [0.2, 0.25) is 0 Å². The number of nitrogens with one attached hydrogen (secondary N) is 1. The van der Waals surface area contributed by atoms with E-state index in [1.807, 2.05) is 0 Å². The molecule has 90 valence electrons. The molecule has 0 atom stereocenters. The fourth-order valence-corrected chi connectivity index (χ4v) is 1.57. The molecule has 0 unspecified atom stereocenters. The normalized spacial score (nSPS) is 10.4. The molecular formula is C9H16N4O2S. The average Bonchev–Trinajstić information content (AvgIpc) is 2.74. The molecule has 1 heterocycles. The number of thioether (sulfide) groups is 1. The van der Waals surface area contributed by atoms with Crippen LogP contribution in [-0.4, -0.2) is 28.4 Å². The minimum absolute atomic E-state index is 0.0223. The summed E-state index contributed by atoms with van der Waals surface area (Å²) in [6, 6.07) is 0. The van der Waals surface area contributed by atoms with E-state index >= 15 is 0 Å². The molecule has 0 saturated heterocycles. The van der Waals surface area contributed by atoms with Gasteiger partial charge in [0.05, 0.1) is 12.3 Å². The Morgan fingerprint density at radius 3 is 3.00 bits per heavy atom. The maximum atomic E-state index is 11.3. The number of nitrogens with two attached hydrogens (primary N) is 1. The molecule has 3 N–H and O–H groups in total. The van der Waals surface area contributed by atoms with Gasteiger partial charge in [-0.05, 0) is 6.42 Å². The Morgan fingerprint density at radius 2 is 2.38 bits per heavy atom. The van der Waals surface area contributed by atoms with Gasteiger partial charge in [-0.25, -0.2) is 0 Å². The predicted molar refractivity (Wildman–Crippen MR) is 60.8 cm³/mol. The summed E-state index contributed by atoms with van der Waals surface area (Å²) in [6.07, 6.45) is 2.06. The van der Waals surface area contributed by atoms with E-state index in [4.69, 9.17) is 10.2 Å². The van der Waals surface area contributed by atoms with E-state index in [-0.39, 0.29) is 18.2 Å². The van der Waals surface area contributed by atoms with Crippen molar-refractivity contribution >= 4 is 17.7 Å². The lowest BCUT2D eigenvalue weighted by Gasteiger charge is -2.01. The molecule has 0 spiro atoms. The van der Waals surface area contributed by atoms with Crippen molar-refractivity contribution in [2.75, 3.05) is 12.3 Å². The predicted octanol–water partition coefficient (Wildman–Crippen LogP) is 0.537. The van der Waals surface area contributed by atoms with Crippen molar-refractivity contribution in [3.8, 4) is 0 Å². The number of amides is 1. The molecule has 0 aliphatic heterocycles. The number of hydrogen-bond acceptors (Lipinski definition) is 6. The molecule has 0 fully saturated rings. The Hall–Kier alpha value is -1.08. The zero-order valence-electron chi connectivity index (χ0n) is 9.23. The van der Waals surface area contributed by atoms with Crippen LogP contribution in [-0.2, 0) is 11.3 Å². The van der Waals surface area contributed by atoms with Gasteiger partial charge in [0.1, 0.15) is 0 Å². The molecule has 0 bridgehead atoms. The molecule has 6 nitrogen and oxygen atoms in total. The number of rotatable bonds is 7. The first kappa shape index (κ1) is 13.0. The van der Waals surface area contributed by atoms with Crippen LogP contribution in [0.4, 0.5) is 0 Å². The number of carbonyl (C=O) groups is 1. The lowest BCUT2D eigenvalue weighted by Crippen LogP contribution is -2.25. The Bertz CT molecular complexity index is 329. The summed E-state index contributed by atoms with van der Waals surface area (Å²) in [4.78, 5) is 11.3. The number of carbonyl (C=O) groups excluding carboxylic acids is 1. The summed E-state index contributed by atoms with van der Waals surface area (Å²) in [5.74, 6) is 0.649. The number of aromatic nitrogens is 2. The Labute approximate surface area is 98.4 Å². The van der Waals surface area contributed by atoms with Crippen LogP contribution in [0, 0.1) is 0 Å². The molecular weight excluding hydrogens is 228 g/mol.